The Hall–Kier alpha value is -1.27. The maximum atomic E-state index is 11.8. The second-order valence-electron chi connectivity index (χ2n) is 7.07. The minimum atomic E-state index is -0.450. The molecular weight excluding hydrogens is 372 g/mol. The molecule has 0 bridgehead atoms. The highest BCUT2D eigenvalue weighted by atomic mass is 79.9. The number of rotatable bonds is 5. The lowest BCUT2D eigenvalue weighted by Crippen LogP contribution is -2.46. The number of piperidine rings is 1. The highest BCUT2D eigenvalue weighted by molar-refractivity contribution is 9.10. The molecule has 1 fully saturated rings. The molecule has 6 heteroatoms. The van der Waals surface area contributed by atoms with E-state index in [1.165, 1.54) is 0 Å². The molecular formula is C18H27BrN2O3. The van der Waals surface area contributed by atoms with Crippen LogP contribution in [0, 0.1) is 0 Å². The van der Waals surface area contributed by atoms with Gasteiger partial charge in [0.15, 0.2) is 0 Å². The molecule has 0 aromatic heterocycles. The topological polar surface area (TPSA) is 50.8 Å². The number of ether oxygens (including phenoxy) is 2. The number of hydrogen-bond acceptors (Lipinski definition) is 4. The summed E-state index contributed by atoms with van der Waals surface area (Å²) in [6.45, 7) is 9.11. The van der Waals surface area contributed by atoms with Crippen LogP contribution in [0.15, 0.2) is 28.7 Å². The second-order valence-corrected chi connectivity index (χ2v) is 7.98. The number of benzene rings is 1. The van der Waals surface area contributed by atoms with Crippen molar-refractivity contribution in [2.75, 3.05) is 26.2 Å². The minimum Gasteiger partial charge on any atom is -0.492 e. The summed E-state index contributed by atoms with van der Waals surface area (Å²) in [5, 5.41) is 2.96. The van der Waals surface area contributed by atoms with Crippen molar-refractivity contribution in [3.05, 3.63) is 28.7 Å². The molecule has 1 aliphatic rings. The fourth-order valence-corrected chi connectivity index (χ4v) is 3.00. The normalized spacial score (nSPS) is 16.7. The smallest absolute Gasteiger partial charge is 0.407 e. The van der Waals surface area contributed by atoms with Crippen LogP contribution in [0.3, 0.4) is 0 Å². The first-order valence-electron chi connectivity index (χ1n) is 8.42. The van der Waals surface area contributed by atoms with E-state index in [2.05, 4.69) is 26.1 Å². The Bertz CT molecular complexity index is 537. The van der Waals surface area contributed by atoms with Crippen molar-refractivity contribution in [1.29, 1.82) is 0 Å². The Kier molecular flexibility index (Phi) is 6.92. The number of carbonyl (C=O) groups is 1. The molecule has 1 amide bonds. The highest BCUT2D eigenvalue weighted by Crippen LogP contribution is 2.18. The zero-order valence-electron chi connectivity index (χ0n) is 14.7. The van der Waals surface area contributed by atoms with Crippen LogP contribution < -0.4 is 10.1 Å². The predicted molar refractivity (Wildman–Crippen MR) is 98.5 cm³/mol. The third kappa shape index (κ3) is 7.09. The van der Waals surface area contributed by atoms with Gasteiger partial charge >= 0.3 is 6.09 Å². The van der Waals surface area contributed by atoms with E-state index in [0.29, 0.717) is 6.61 Å². The van der Waals surface area contributed by atoms with Gasteiger partial charge in [-0.2, -0.15) is 0 Å². The lowest BCUT2D eigenvalue weighted by molar-refractivity contribution is 0.0476. The van der Waals surface area contributed by atoms with E-state index < -0.39 is 5.60 Å². The van der Waals surface area contributed by atoms with E-state index >= 15 is 0 Å². The van der Waals surface area contributed by atoms with Gasteiger partial charge in [-0.25, -0.2) is 4.79 Å². The largest absolute Gasteiger partial charge is 0.492 e. The molecule has 5 nitrogen and oxygen atoms in total. The number of alkyl carbamates (subject to hydrolysis) is 1. The number of likely N-dealkylation sites (tertiary alicyclic amines) is 1. The number of amides is 1. The molecule has 2 rings (SSSR count). The van der Waals surface area contributed by atoms with Gasteiger partial charge in [0.25, 0.3) is 0 Å². The number of nitrogens with one attached hydrogen (secondary N) is 1. The Labute approximate surface area is 152 Å². The molecule has 0 atom stereocenters. The maximum Gasteiger partial charge on any atom is 0.407 e. The standard InChI is InChI=1S/C18H27BrN2O3/c1-18(2,3)24-17(22)20-15-7-9-21(10-8-15)11-12-23-16-6-4-5-14(19)13-16/h4-6,13,15H,7-12H2,1-3H3,(H,20,22). The molecule has 1 aromatic rings. The van der Waals surface area contributed by atoms with Gasteiger partial charge in [0.05, 0.1) is 0 Å². The van der Waals surface area contributed by atoms with Crippen LogP contribution in [0.25, 0.3) is 0 Å². The fourth-order valence-electron chi connectivity index (χ4n) is 2.62. The summed E-state index contributed by atoms with van der Waals surface area (Å²) in [6.07, 6.45) is 1.56. The van der Waals surface area contributed by atoms with Gasteiger partial charge in [-0.3, -0.25) is 4.90 Å². The Morgan fingerprint density at radius 3 is 2.67 bits per heavy atom. The third-order valence-corrected chi connectivity index (χ3v) is 4.27. The quantitative estimate of drug-likeness (QED) is 0.818. The van der Waals surface area contributed by atoms with E-state index in [1.54, 1.807) is 0 Å². The summed E-state index contributed by atoms with van der Waals surface area (Å²) >= 11 is 3.44. The monoisotopic (exact) mass is 398 g/mol. The zero-order chi connectivity index (χ0) is 17.6. The second kappa shape index (κ2) is 8.72. The third-order valence-electron chi connectivity index (χ3n) is 3.78. The molecule has 134 valence electrons. The zero-order valence-corrected chi connectivity index (χ0v) is 16.3. The lowest BCUT2D eigenvalue weighted by atomic mass is 10.1. The average Bonchev–Trinajstić information content (AvgIpc) is 2.47. The summed E-state index contributed by atoms with van der Waals surface area (Å²) in [6, 6.07) is 8.07. The van der Waals surface area contributed by atoms with E-state index in [1.807, 2.05) is 45.0 Å². The van der Waals surface area contributed by atoms with Crippen LogP contribution in [-0.4, -0.2) is 48.9 Å². The van der Waals surface area contributed by atoms with Gasteiger partial charge in [-0.15, -0.1) is 0 Å². The summed E-state index contributed by atoms with van der Waals surface area (Å²) in [5.41, 5.74) is -0.450. The van der Waals surface area contributed by atoms with Crippen molar-refractivity contribution in [2.45, 2.75) is 45.3 Å². The Morgan fingerprint density at radius 2 is 2.04 bits per heavy atom. The molecule has 0 aliphatic carbocycles. The van der Waals surface area contributed by atoms with E-state index in [0.717, 1.165) is 42.7 Å². The average molecular weight is 399 g/mol. The van der Waals surface area contributed by atoms with E-state index in [4.69, 9.17) is 9.47 Å². The number of nitrogens with zero attached hydrogens (tertiary/aromatic N) is 1. The fraction of sp³-hybridized carbons (Fsp3) is 0.611. The molecule has 24 heavy (non-hydrogen) atoms. The Morgan fingerprint density at radius 1 is 1.33 bits per heavy atom. The van der Waals surface area contributed by atoms with Crippen molar-refractivity contribution < 1.29 is 14.3 Å². The molecule has 0 radical (unpaired) electrons. The van der Waals surface area contributed by atoms with Crippen molar-refractivity contribution in [2.24, 2.45) is 0 Å². The molecule has 0 saturated carbocycles. The first-order valence-corrected chi connectivity index (χ1v) is 9.21. The molecule has 1 aromatic carbocycles. The van der Waals surface area contributed by atoms with Crippen molar-refractivity contribution in [1.82, 2.24) is 10.2 Å². The van der Waals surface area contributed by atoms with E-state index in [-0.39, 0.29) is 12.1 Å². The SMILES string of the molecule is CC(C)(C)OC(=O)NC1CCN(CCOc2cccc(Br)c2)CC1. The lowest BCUT2D eigenvalue weighted by Gasteiger charge is -2.32. The Balaban J connectivity index is 1.63. The number of carbonyl (C=O) groups excluding carboxylic acids is 1. The van der Waals surface area contributed by atoms with Gasteiger partial charge in [-0.05, 0) is 51.8 Å². The molecule has 0 spiro atoms. The van der Waals surface area contributed by atoms with Crippen LogP contribution in [0.1, 0.15) is 33.6 Å². The van der Waals surface area contributed by atoms with Crippen LogP contribution >= 0.6 is 15.9 Å². The van der Waals surface area contributed by atoms with Crippen LogP contribution in [-0.2, 0) is 4.74 Å². The van der Waals surface area contributed by atoms with E-state index in [9.17, 15) is 4.79 Å². The summed E-state index contributed by atoms with van der Waals surface area (Å²) in [5.74, 6) is 0.880. The minimum absolute atomic E-state index is 0.196. The van der Waals surface area contributed by atoms with Gasteiger partial charge in [0, 0.05) is 30.1 Å². The molecule has 0 unspecified atom stereocenters. The molecule has 1 aliphatic heterocycles. The highest BCUT2D eigenvalue weighted by Gasteiger charge is 2.23. The van der Waals surface area contributed by atoms with Gasteiger partial charge in [0.2, 0.25) is 0 Å². The summed E-state index contributed by atoms with van der Waals surface area (Å²) in [7, 11) is 0. The first kappa shape index (κ1) is 19.1. The van der Waals surface area contributed by atoms with Gasteiger partial charge in [-0.1, -0.05) is 22.0 Å². The maximum absolute atomic E-state index is 11.8. The van der Waals surface area contributed by atoms with Gasteiger partial charge < -0.3 is 14.8 Å². The molecule has 1 saturated heterocycles. The van der Waals surface area contributed by atoms with Crippen LogP contribution in [0.2, 0.25) is 0 Å². The summed E-state index contributed by atoms with van der Waals surface area (Å²) < 4.78 is 12.1. The molecule has 1 heterocycles. The molecule has 1 N–H and O–H groups in total. The number of halogens is 1. The predicted octanol–water partition coefficient (Wildman–Crippen LogP) is 3.82. The summed E-state index contributed by atoms with van der Waals surface area (Å²) in [4.78, 5) is 14.2. The number of hydrogen-bond donors (Lipinski definition) is 1. The van der Waals surface area contributed by atoms with Crippen molar-refractivity contribution >= 4 is 22.0 Å². The van der Waals surface area contributed by atoms with Crippen LogP contribution in [0.5, 0.6) is 5.75 Å². The van der Waals surface area contributed by atoms with Crippen molar-refractivity contribution in [3.8, 4) is 5.75 Å². The van der Waals surface area contributed by atoms with Crippen molar-refractivity contribution in [3.63, 3.8) is 0 Å². The van der Waals surface area contributed by atoms with Crippen LogP contribution in [0.4, 0.5) is 4.79 Å². The first-order chi connectivity index (χ1) is 11.3. The van der Waals surface area contributed by atoms with Gasteiger partial charge in [0.1, 0.15) is 18.0 Å².